The second kappa shape index (κ2) is 6.80. The van der Waals surface area contributed by atoms with Gasteiger partial charge in [0.05, 0.1) is 13.2 Å². The van der Waals surface area contributed by atoms with E-state index in [2.05, 4.69) is 5.43 Å². The van der Waals surface area contributed by atoms with E-state index in [1.807, 2.05) is 5.43 Å². The molecule has 1 aromatic carbocycles. The minimum atomic E-state index is -0.957. The zero-order valence-corrected chi connectivity index (χ0v) is 11.1. The predicted molar refractivity (Wildman–Crippen MR) is 69.4 cm³/mol. The van der Waals surface area contributed by atoms with E-state index < -0.39 is 23.5 Å². The molecule has 0 saturated carbocycles. The van der Waals surface area contributed by atoms with Crippen LogP contribution in [0.25, 0.3) is 0 Å². The third-order valence-corrected chi connectivity index (χ3v) is 2.87. The summed E-state index contributed by atoms with van der Waals surface area (Å²) in [4.78, 5) is 36.4. The molecule has 1 aliphatic heterocycles. The van der Waals surface area contributed by atoms with Gasteiger partial charge < -0.3 is 9.64 Å². The van der Waals surface area contributed by atoms with E-state index in [-0.39, 0.29) is 5.56 Å². The number of hydrazine groups is 1. The van der Waals surface area contributed by atoms with Crippen LogP contribution in [-0.4, -0.2) is 48.9 Å². The topological polar surface area (TPSA) is 87.7 Å². The van der Waals surface area contributed by atoms with Crippen LogP contribution in [0.3, 0.4) is 0 Å². The number of nitrogens with zero attached hydrogens (tertiary/aromatic N) is 1. The van der Waals surface area contributed by atoms with Crippen molar-refractivity contribution in [3.63, 3.8) is 0 Å². The van der Waals surface area contributed by atoms with E-state index in [0.29, 0.717) is 26.3 Å². The number of carbonyl (C=O) groups excluding carboxylic acids is 3. The highest BCUT2D eigenvalue weighted by Gasteiger charge is 2.23. The Morgan fingerprint density at radius 1 is 1.14 bits per heavy atom. The number of morpholine rings is 1. The summed E-state index contributed by atoms with van der Waals surface area (Å²) >= 11 is 0. The molecule has 21 heavy (non-hydrogen) atoms. The van der Waals surface area contributed by atoms with Crippen LogP contribution in [0.4, 0.5) is 4.39 Å². The molecule has 1 aromatic rings. The maximum absolute atomic E-state index is 13.0. The van der Waals surface area contributed by atoms with Crippen LogP contribution in [0.15, 0.2) is 24.3 Å². The molecule has 2 rings (SSSR count). The summed E-state index contributed by atoms with van der Waals surface area (Å²) in [6, 6.07) is 4.96. The smallest absolute Gasteiger partial charge is 0.327 e. The van der Waals surface area contributed by atoms with Crippen LogP contribution in [0.2, 0.25) is 0 Å². The van der Waals surface area contributed by atoms with Crippen molar-refractivity contribution in [2.24, 2.45) is 0 Å². The number of rotatable bonds is 1. The maximum Gasteiger partial charge on any atom is 0.327 e. The van der Waals surface area contributed by atoms with Gasteiger partial charge >= 0.3 is 11.8 Å². The van der Waals surface area contributed by atoms with Crippen molar-refractivity contribution in [3.05, 3.63) is 35.6 Å². The molecule has 1 saturated heterocycles. The van der Waals surface area contributed by atoms with Crippen LogP contribution >= 0.6 is 0 Å². The summed E-state index contributed by atoms with van der Waals surface area (Å²) in [5, 5.41) is 0. The van der Waals surface area contributed by atoms with Gasteiger partial charge in [-0.3, -0.25) is 25.2 Å². The van der Waals surface area contributed by atoms with E-state index in [1.165, 1.54) is 23.1 Å². The molecule has 112 valence electrons. The standard InChI is InChI=1S/C13H14FN3O4/c14-10-3-1-2-9(8-10)11(18)15-16-12(19)13(20)17-4-6-21-7-5-17/h1-3,8H,4-7H2,(H,15,18)(H,16,19). The normalized spacial score (nSPS) is 14.4. The number of halogens is 1. The fraction of sp³-hybridized carbons (Fsp3) is 0.308. The minimum absolute atomic E-state index is 0.0362. The van der Waals surface area contributed by atoms with Gasteiger partial charge in [-0.2, -0.15) is 0 Å². The number of nitrogens with one attached hydrogen (secondary N) is 2. The summed E-state index contributed by atoms with van der Waals surface area (Å²) in [5.41, 5.74) is 4.10. The Morgan fingerprint density at radius 3 is 2.52 bits per heavy atom. The fourth-order valence-corrected chi connectivity index (χ4v) is 1.78. The maximum atomic E-state index is 13.0. The van der Waals surface area contributed by atoms with Crippen molar-refractivity contribution in [1.29, 1.82) is 0 Å². The van der Waals surface area contributed by atoms with E-state index in [0.717, 1.165) is 6.07 Å². The summed E-state index contributed by atoms with van der Waals surface area (Å²) in [6.07, 6.45) is 0. The molecule has 1 aliphatic rings. The molecule has 0 aromatic heterocycles. The fourth-order valence-electron chi connectivity index (χ4n) is 1.78. The highest BCUT2D eigenvalue weighted by molar-refractivity contribution is 6.35. The second-order valence-corrected chi connectivity index (χ2v) is 4.32. The van der Waals surface area contributed by atoms with Crippen LogP contribution in [0, 0.1) is 5.82 Å². The van der Waals surface area contributed by atoms with E-state index >= 15 is 0 Å². The lowest BCUT2D eigenvalue weighted by atomic mass is 10.2. The first-order chi connectivity index (χ1) is 10.1. The van der Waals surface area contributed by atoms with Crippen molar-refractivity contribution in [2.75, 3.05) is 26.3 Å². The van der Waals surface area contributed by atoms with Gasteiger partial charge in [-0.05, 0) is 18.2 Å². The van der Waals surface area contributed by atoms with E-state index in [4.69, 9.17) is 4.74 Å². The van der Waals surface area contributed by atoms with Gasteiger partial charge in [0, 0.05) is 18.7 Å². The van der Waals surface area contributed by atoms with Crippen LogP contribution in [-0.2, 0) is 14.3 Å². The lowest BCUT2D eigenvalue weighted by Gasteiger charge is -2.26. The second-order valence-electron chi connectivity index (χ2n) is 4.32. The quantitative estimate of drug-likeness (QED) is 0.537. The molecule has 0 unspecified atom stereocenters. The molecule has 0 spiro atoms. The number of hydrogen-bond donors (Lipinski definition) is 2. The Hall–Kier alpha value is -2.48. The number of carbonyl (C=O) groups is 3. The van der Waals surface area contributed by atoms with Gasteiger partial charge in [0.25, 0.3) is 5.91 Å². The number of hydrogen-bond acceptors (Lipinski definition) is 4. The third kappa shape index (κ3) is 3.99. The lowest BCUT2D eigenvalue weighted by Crippen LogP contribution is -2.52. The molecule has 0 aliphatic carbocycles. The lowest BCUT2D eigenvalue weighted by molar-refractivity contribution is -0.148. The number of amides is 3. The average Bonchev–Trinajstić information content (AvgIpc) is 2.52. The SMILES string of the molecule is O=C(NNC(=O)c1cccc(F)c1)C(=O)N1CCOCC1. The summed E-state index contributed by atoms with van der Waals surface area (Å²) in [5.74, 6) is -2.99. The Kier molecular flexibility index (Phi) is 4.83. The molecule has 2 N–H and O–H groups in total. The van der Waals surface area contributed by atoms with Gasteiger partial charge in [-0.25, -0.2) is 4.39 Å². The number of ether oxygens (including phenoxy) is 1. The summed E-state index contributed by atoms with van der Waals surface area (Å²) in [7, 11) is 0. The molecular formula is C13H14FN3O4. The first-order valence-electron chi connectivity index (χ1n) is 6.31. The van der Waals surface area contributed by atoms with Crippen LogP contribution < -0.4 is 10.9 Å². The zero-order valence-electron chi connectivity index (χ0n) is 11.1. The summed E-state index contributed by atoms with van der Waals surface area (Å²) in [6.45, 7) is 1.39. The molecule has 0 atom stereocenters. The van der Waals surface area contributed by atoms with Crippen LogP contribution in [0.1, 0.15) is 10.4 Å². The van der Waals surface area contributed by atoms with Crippen molar-refractivity contribution in [2.45, 2.75) is 0 Å². The Bertz CT molecular complexity index is 558. The molecule has 8 heteroatoms. The van der Waals surface area contributed by atoms with Crippen molar-refractivity contribution in [3.8, 4) is 0 Å². The molecule has 0 bridgehead atoms. The van der Waals surface area contributed by atoms with Gasteiger partial charge in [0.2, 0.25) is 0 Å². The average molecular weight is 295 g/mol. The zero-order chi connectivity index (χ0) is 15.2. The largest absolute Gasteiger partial charge is 0.378 e. The van der Waals surface area contributed by atoms with Crippen LogP contribution in [0.5, 0.6) is 0 Å². The Labute approximate surface area is 120 Å². The highest BCUT2D eigenvalue weighted by Crippen LogP contribution is 2.02. The van der Waals surface area contributed by atoms with Crippen molar-refractivity contribution >= 4 is 17.7 Å². The molecular weight excluding hydrogens is 281 g/mol. The Balaban J connectivity index is 1.85. The molecule has 7 nitrogen and oxygen atoms in total. The van der Waals surface area contributed by atoms with Gasteiger partial charge in [0.1, 0.15) is 5.82 Å². The Morgan fingerprint density at radius 2 is 1.86 bits per heavy atom. The molecule has 1 fully saturated rings. The van der Waals surface area contributed by atoms with Gasteiger partial charge in [-0.1, -0.05) is 6.07 Å². The summed E-state index contributed by atoms with van der Waals surface area (Å²) < 4.78 is 18.0. The third-order valence-electron chi connectivity index (χ3n) is 2.87. The minimum Gasteiger partial charge on any atom is -0.378 e. The van der Waals surface area contributed by atoms with E-state index in [1.54, 1.807) is 0 Å². The molecule has 1 heterocycles. The first kappa shape index (κ1) is 14.9. The monoisotopic (exact) mass is 295 g/mol. The van der Waals surface area contributed by atoms with Crippen molar-refractivity contribution < 1.29 is 23.5 Å². The van der Waals surface area contributed by atoms with Crippen molar-refractivity contribution in [1.82, 2.24) is 15.8 Å². The first-order valence-corrected chi connectivity index (χ1v) is 6.31. The number of benzene rings is 1. The molecule has 0 radical (unpaired) electrons. The van der Waals surface area contributed by atoms with Gasteiger partial charge in [-0.15, -0.1) is 0 Å². The highest BCUT2D eigenvalue weighted by atomic mass is 19.1. The molecule has 3 amide bonds. The van der Waals surface area contributed by atoms with E-state index in [9.17, 15) is 18.8 Å². The predicted octanol–water partition coefficient (Wildman–Crippen LogP) is -0.555. The van der Waals surface area contributed by atoms with Gasteiger partial charge in [0.15, 0.2) is 0 Å².